The third-order valence-electron chi connectivity index (χ3n) is 3.69. The molecule has 18 heavy (non-hydrogen) atoms. The van der Waals surface area contributed by atoms with Crippen molar-refractivity contribution in [1.29, 1.82) is 0 Å². The van der Waals surface area contributed by atoms with E-state index in [0.29, 0.717) is 23.5 Å². The first kappa shape index (κ1) is 13.3. The van der Waals surface area contributed by atoms with Gasteiger partial charge in [0.25, 0.3) is 0 Å². The van der Waals surface area contributed by atoms with E-state index in [1.54, 1.807) is 0 Å². The van der Waals surface area contributed by atoms with Crippen LogP contribution in [0, 0.1) is 5.92 Å². The summed E-state index contributed by atoms with van der Waals surface area (Å²) < 4.78 is 0. The van der Waals surface area contributed by atoms with Gasteiger partial charge in [0.15, 0.2) is 5.13 Å². The highest BCUT2D eigenvalue weighted by molar-refractivity contribution is 7.13. The van der Waals surface area contributed by atoms with Crippen LogP contribution in [0.4, 0.5) is 5.13 Å². The summed E-state index contributed by atoms with van der Waals surface area (Å²) in [7, 11) is 0. The standard InChI is InChI=1S/C13H21N3OS/c1-2-9-5-3-4-6-11(9)16-12(17)7-10-8-18-13(14)15-10/h8-9,11H,2-7H2,1H3,(H2,14,15)(H,16,17). The second-order valence-electron chi connectivity index (χ2n) is 4.98. The Morgan fingerprint density at radius 3 is 3.00 bits per heavy atom. The topological polar surface area (TPSA) is 68.0 Å². The molecule has 0 aliphatic heterocycles. The lowest BCUT2D eigenvalue weighted by atomic mass is 9.83. The minimum atomic E-state index is 0.0747. The molecule has 1 fully saturated rings. The van der Waals surface area contributed by atoms with E-state index in [9.17, 15) is 4.79 Å². The smallest absolute Gasteiger partial charge is 0.226 e. The normalized spacial score (nSPS) is 23.8. The van der Waals surface area contributed by atoms with E-state index < -0.39 is 0 Å². The van der Waals surface area contributed by atoms with Gasteiger partial charge in [0, 0.05) is 11.4 Å². The van der Waals surface area contributed by atoms with Gasteiger partial charge in [-0.05, 0) is 18.8 Å². The molecule has 1 aliphatic rings. The van der Waals surface area contributed by atoms with E-state index in [0.717, 1.165) is 18.5 Å². The van der Waals surface area contributed by atoms with Gasteiger partial charge < -0.3 is 11.1 Å². The number of anilines is 1. The van der Waals surface area contributed by atoms with Gasteiger partial charge in [-0.25, -0.2) is 4.98 Å². The van der Waals surface area contributed by atoms with E-state index in [2.05, 4.69) is 17.2 Å². The first-order valence-electron chi connectivity index (χ1n) is 6.68. The summed E-state index contributed by atoms with van der Waals surface area (Å²) in [6.45, 7) is 2.20. The number of carbonyl (C=O) groups excluding carboxylic acids is 1. The number of amides is 1. The van der Waals surface area contributed by atoms with Gasteiger partial charge in [-0.1, -0.05) is 26.2 Å². The highest BCUT2D eigenvalue weighted by Crippen LogP contribution is 2.26. The molecule has 1 aliphatic carbocycles. The van der Waals surface area contributed by atoms with Gasteiger partial charge in [-0.15, -0.1) is 11.3 Å². The second-order valence-corrected chi connectivity index (χ2v) is 5.87. The molecule has 1 heterocycles. The van der Waals surface area contributed by atoms with Crippen molar-refractivity contribution in [2.45, 2.75) is 51.5 Å². The minimum Gasteiger partial charge on any atom is -0.375 e. The first-order valence-corrected chi connectivity index (χ1v) is 7.56. The van der Waals surface area contributed by atoms with Crippen LogP contribution >= 0.6 is 11.3 Å². The number of hydrogen-bond acceptors (Lipinski definition) is 4. The number of nitrogen functional groups attached to an aromatic ring is 1. The zero-order valence-electron chi connectivity index (χ0n) is 10.8. The van der Waals surface area contributed by atoms with Crippen LogP contribution in [0.5, 0.6) is 0 Å². The molecule has 1 amide bonds. The lowest BCUT2D eigenvalue weighted by molar-refractivity contribution is -0.121. The summed E-state index contributed by atoms with van der Waals surface area (Å²) in [4.78, 5) is 16.1. The summed E-state index contributed by atoms with van der Waals surface area (Å²) in [6, 6.07) is 0.354. The molecule has 1 aromatic rings. The number of rotatable bonds is 4. The molecule has 2 atom stereocenters. The Morgan fingerprint density at radius 1 is 1.56 bits per heavy atom. The van der Waals surface area contributed by atoms with Crippen LogP contribution in [0.15, 0.2) is 5.38 Å². The van der Waals surface area contributed by atoms with Crippen LogP contribution in [0.3, 0.4) is 0 Å². The fraction of sp³-hybridized carbons (Fsp3) is 0.692. The van der Waals surface area contributed by atoms with Crippen molar-refractivity contribution in [3.63, 3.8) is 0 Å². The zero-order chi connectivity index (χ0) is 13.0. The van der Waals surface area contributed by atoms with Crippen LogP contribution in [0.25, 0.3) is 0 Å². The number of hydrogen-bond donors (Lipinski definition) is 2. The van der Waals surface area contributed by atoms with E-state index in [1.165, 1.54) is 30.6 Å². The molecule has 0 spiro atoms. The Bertz CT molecular complexity index is 405. The molecule has 3 N–H and O–H groups in total. The van der Waals surface area contributed by atoms with Gasteiger partial charge in [0.05, 0.1) is 12.1 Å². The summed E-state index contributed by atoms with van der Waals surface area (Å²) in [6.07, 6.45) is 6.38. The van der Waals surface area contributed by atoms with Crippen molar-refractivity contribution in [3.05, 3.63) is 11.1 Å². The fourth-order valence-electron chi connectivity index (χ4n) is 2.71. The number of nitrogens with zero attached hydrogens (tertiary/aromatic N) is 1. The third kappa shape index (κ3) is 3.45. The molecule has 100 valence electrons. The van der Waals surface area contributed by atoms with Crippen molar-refractivity contribution >= 4 is 22.4 Å². The van der Waals surface area contributed by atoms with E-state index in [4.69, 9.17) is 5.73 Å². The Balaban J connectivity index is 1.86. The number of aromatic nitrogens is 1. The highest BCUT2D eigenvalue weighted by Gasteiger charge is 2.25. The zero-order valence-corrected chi connectivity index (χ0v) is 11.6. The molecule has 5 heteroatoms. The Labute approximate surface area is 112 Å². The molecular formula is C13H21N3OS. The van der Waals surface area contributed by atoms with Crippen LogP contribution in [-0.4, -0.2) is 16.9 Å². The molecule has 0 saturated heterocycles. The summed E-state index contributed by atoms with van der Waals surface area (Å²) in [5.41, 5.74) is 6.33. The fourth-order valence-corrected chi connectivity index (χ4v) is 3.28. The second kappa shape index (κ2) is 6.18. The number of nitrogens with two attached hydrogens (primary N) is 1. The summed E-state index contributed by atoms with van der Waals surface area (Å²) in [5, 5.41) is 5.55. The maximum absolute atomic E-state index is 12.0. The Hall–Kier alpha value is -1.10. The molecule has 2 unspecified atom stereocenters. The average molecular weight is 267 g/mol. The van der Waals surface area contributed by atoms with Crippen molar-refractivity contribution in [3.8, 4) is 0 Å². The van der Waals surface area contributed by atoms with Crippen molar-refractivity contribution in [2.75, 3.05) is 5.73 Å². The lowest BCUT2D eigenvalue weighted by Crippen LogP contribution is -2.42. The molecule has 0 aromatic carbocycles. The third-order valence-corrected chi connectivity index (χ3v) is 4.41. The molecule has 1 saturated carbocycles. The van der Waals surface area contributed by atoms with E-state index >= 15 is 0 Å². The monoisotopic (exact) mass is 267 g/mol. The summed E-state index contributed by atoms with van der Waals surface area (Å²) in [5.74, 6) is 0.717. The van der Waals surface area contributed by atoms with E-state index in [1.807, 2.05) is 5.38 Å². The highest BCUT2D eigenvalue weighted by atomic mass is 32.1. The molecule has 0 radical (unpaired) electrons. The van der Waals surface area contributed by atoms with Gasteiger partial charge in [0.2, 0.25) is 5.91 Å². The molecule has 4 nitrogen and oxygen atoms in total. The average Bonchev–Trinajstić information content (AvgIpc) is 2.75. The number of nitrogens with one attached hydrogen (secondary N) is 1. The lowest BCUT2D eigenvalue weighted by Gasteiger charge is -2.31. The maximum atomic E-state index is 12.0. The molecule has 0 bridgehead atoms. The predicted octanol–water partition coefficient (Wildman–Crippen LogP) is 2.35. The van der Waals surface area contributed by atoms with Crippen LogP contribution in [0.1, 0.15) is 44.7 Å². The predicted molar refractivity (Wildman–Crippen MR) is 74.4 cm³/mol. The number of thiazole rings is 1. The molecule has 1 aromatic heterocycles. The van der Waals surface area contributed by atoms with Gasteiger partial charge in [-0.3, -0.25) is 4.79 Å². The van der Waals surface area contributed by atoms with Crippen LogP contribution in [-0.2, 0) is 11.2 Å². The Kier molecular flexibility index (Phi) is 4.58. The van der Waals surface area contributed by atoms with Crippen LogP contribution < -0.4 is 11.1 Å². The molecular weight excluding hydrogens is 246 g/mol. The maximum Gasteiger partial charge on any atom is 0.226 e. The summed E-state index contributed by atoms with van der Waals surface area (Å²) >= 11 is 1.38. The van der Waals surface area contributed by atoms with Crippen molar-refractivity contribution in [2.24, 2.45) is 5.92 Å². The van der Waals surface area contributed by atoms with Gasteiger partial charge in [0.1, 0.15) is 0 Å². The Morgan fingerprint density at radius 2 is 2.33 bits per heavy atom. The minimum absolute atomic E-state index is 0.0747. The van der Waals surface area contributed by atoms with Crippen LogP contribution in [0.2, 0.25) is 0 Å². The van der Waals surface area contributed by atoms with Crippen molar-refractivity contribution < 1.29 is 4.79 Å². The SMILES string of the molecule is CCC1CCCCC1NC(=O)Cc1csc(N)n1. The quantitative estimate of drug-likeness (QED) is 0.880. The number of carbonyl (C=O) groups is 1. The van der Waals surface area contributed by atoms with Gasteiger partial charge in [-0.2, -0.15) is 0 Å². The molecule has 2 rings (SSSR count). The van der Waals surface area contributed by atoms with E-state index in [-0.39, 0.29) is 5.91 Å². The largest absolute Gasteiger partial charge is 0.375 e. The first-order chi connectivity index (χ1) is 8.69. The van der Waals surface area contributed by atoms with Crippen molar-refractivity contribution in [1.82, 2.24) is 10.3 Å². The van der Waals surface area contributed by atoms with Gasteiger partial charge >= 0.3 is 0 Å².